The Labute approximate surface area is 225 Å². The molecule has 0 aliphatic carbocycles. The summed E-state index contributed by atoms with van der Waals surface area (Å²) in [6.45, 7) is 2.25. The van der Waals surface area contributed by atoms with Gasteiger partial charge in [-0.1, -0.05) is 82.9 Å². The maximum Gasteiger partial charge on any atom is 1.00 e. The number of hydrogen-bond donors (Lipinski definition) is 0. The van der Waals surface area contributed by atoms with Crippen LogP contribution in [0.5, 0.6) is 11.5 Å². The standard InChI is InChI=1S/C24H34O4S.K/c1-2-3-4-5-6-7-8-9-10-11-14-21-15-12-13-16-24(21)28-22-17-19-23(20-18-22)29(25,26)27;/h12-13,15-20H,2-11,14H2,1H3,(H,25,26,27);/q;+1/p-1. The number of ether oxygens (including phenoxy) is 1. The van der Waals surface area contributed by atoms with Crippen LogP contribution in [0.4, 0.5) is 0 Å². The maximum absolute atomic E-state index is 11.0. The smallest absolute Gasteiger partial charge is 0.744 e. The molecular weight excluding hydrogens is 423 g/mol. The minimum Gasteiger partial charge on any atom is -0.744 e. The zero-order valence-electron chi connectivity index (χ0n) is 18.4. The van der Waals surface area contributed by atoms with Gasteiger partial charge in [0.25, 0.3) is 0 Å². The van der Waals surface area contributed by atoms with Gasteiger partial charge in [0, 0.05) is 0 Å². The van der Waals surface area contributed by atoms with Crippen LogP contribution in [0.25, 0.3) is 0 Å². The van der Waals surface area contributed by atoms with Crippen LogP contribution < -0.4 is 56.1 Å². The number of benzene rings is 2. The van der Waals surface area contributed by atoms with E-state index in [9.17, 15) is 13.0 Å². The Kier molecular flexibility index (Phi) is 14.4. The molecule has 4 nitrogen and oxygen atoms in total. The van der Waals surface area contributed by atoms with Crippen LogP contribution >= 0.6 is 0 Å². The Morgan fingerprint density at radius 1 is 0.767 bits per heavy atom. The molecule has 2 aromatic rings. The average molecular weight is 457 g/mol. The topological polar surface area (TPSA) is 66.4 Å². The van der Waals surface area contributed by atoms with E-state index in [-0.39, 0.29) is 56.3 Å². The largest absolute Gasteiger partial charge is 1.00 e. The van der Waals surface area contributed by atoms with Crippen molar-refractivity contribution in [3.63, 3.8) is 0 Å². The molecular formula is C24H33KO4S. The van der Waals surface area contributed by atoms with Crippen LogP contribution in [0.1, 0.15) is 76.7 Å². The molecule has 6 heteroatoms. The van der Waals surface area contributed by atoms with E-state index < -0.39 is 10.1 Å². The van der Waals surface area contributed by atoms with E-state index in [0.29, 0.717) is 5.75 Å². The summed E-state index contributed by atoms with van der Waals surface area (Å²) in [6, 6.07) is 13.5. The maximum atomic E-state index is 11.0. The van der Waals surface area contributed by atoms with Gasteiger partial charge in [-0.3, -0.25) is 0 Å². The van der Waals surface area contributed by atoms with Crippen LogP contribution in [0.15, 0.2) is 53.4 Å². The zero-order valence-corrected chi connectivity index (χ0v) is 22.4. The molecule has 0 aliphatic heterocycles. The summed E-state index contributed by atoms with van der Waals surface area (Å²) in [6.07, 6.45) is 14.0. The predicted octanol–water partition coefficient (Wildman–Crippen LogP) is 3.85. The van der Waals surface area contributed by atoms with Crippen molar-refractivity contribution in [2.45, 2.75) is 82.4 Å². The summed E-state index contributed by atoms with van der Waals surface area (Å²) in [7, 11) is -4.43. The first kappa shape index (κ1) is 27.8. The molecule has 0 amide bonds. The van der Waals surface area contributed by atoms with E-state index in [0.717, 1.165) is 24.2 Å². The monoisotopic (exact) mass is 456 g/mol. The molecule has 160 valence electrons. The van der Waals surface area contributed by atoms with Gasteiger partial charge in [0.1, 0.15) is 21.6 Å². The second-order valence-corrected chi connectivity index (χ2v) is 8.95. The van der Waals surface area contributed by atoms with Gasteiger partial charge < -0.3 is 9.29 Å². The third-order valence-corrected chi connectivity index (χ3v) is 5.96. The SMILES string of the molecule is CCCCCCCCCCCCc1ccccc1Oc1ccc(S(=O)(=O)[O-])cc1.[K+]. The second kappa shape index (κ2) is 15.6. The van der Waals surface area contributed by atoms with Crippen molar-refractivity contribution in [3.8, 4) is 11.5 Å². The number of rotatable bonds is 14. The van der Waals surface area contributed by atoms with Gasteiger partial charge in [-0.25, -0.2) is 8.42 Å². The van der Waals surface area contributed by atoms with E-state index in [1.807, 2.05) is 18.2 Å². The molecule has 0 saturated heterocycles. The molecule has 0 bridgehead atoms. The van der Waals surface area contributed by atoms with Crippen LogP contribution in [0.3, 0.4) is 0 Å². The molecule has 0 unspecified atom stereocenters. The first-order valence-electron chi connectivity index (χ1n) is 10.8. The number of unbranched alkanes of at least 4 members (excludes halogenated alkanes) is 9. The van der Waals surface area contributed by atoms with Crippen molar-refractivity contribution in [2.24, 2.45) is 0 Å². The fraction of sp³-hybridized carbons (Fsp3) is 0.500. The third-order valence-electron chi connectivity index (χ3n) is 5.11. The van der Waals surface area contributed by atoms with Gasteiger partial charge in [0.15, 0.2) is 0 Å². The normalized spacial score (nSPS) is 11.1. The Morgan fingerprint density at radius 3 is 1.87 bits per heavy atom. The van der Waals surface area contributed by atoms with Gasteiger partial charge in [-0.15, -0.1) is 0 Å². The zero-order chi connectivity index (χ0) is 21.0. The summed E-state index contributed by atoms with van der Waals surface area (Å²) in [5.74, 6) is 1.30. The van der Waals surface area contributed by atoms with Gasteiger partial charge in [0.2, 0.25) is 0 Å². The van der Waals surface area contributed by atoms with Crippen LogP contribution in [-0.4, -0.2) is 13.0 Å². The van der Waals surface area contributed by atoms with E-state index in [4.69, 9.17) is 4.74 Å². The summed E-state index contributed by atoms with van der Waals surface area (Å²) in [4.78, 5) is -0.247. The number of hydrogen-bond acceptors (Lipinski definition) is 4. The van der Waals surface area contributed by atoms with E-state index in [1.54, 1.807) is 0 Å². The summed E-state index contributed by atoms with van der Waals surface area (Å²) < 4.78 is 39.0. The van der Waals surface area contributed by atoms with Crippen molar-refractivity contribution >= 4 is 10.1 Å². The number of para-hydroxylation sites is 1. The Hall–Kier alpha value is -0.214. The molecule has 0 N–H and O–H groups in total. The van der Waals surface area contributed by atoms with Gasteiger partial charge >= 0.3 is 51.4 Å². The molecule has 0 fully saturated rings. The molecule has 0 aromatic heterocycles. The Bertz CT molecular complexity index is 819. The third kappa shape index (κ3) is 10.9. The Morgan fingerprint density at radius 2 is 1.30 bits per heavy atom. The fourth-order valence-electron chi connectivity index (χ4n) is 3.41. The van der Waals surface area contributed by atoms with Crippen molar-refractivity contribution < 1.29 is 69.1 Å². The summed E-state index contributed by atoms with van der Waals surface area (Å²) in [5, 5.41) is 0. The quantitative estimate of drug-likeness (QED) is 0.246. The first-order valence-corrected chi connectivity index (χ1v) is 12.2. The summed E-state index contributed by atoms with van der Waals surface area (Å²) >= 11 is 0. The van der Waals surface area contributed by atoms with Crippen molar-refractivity contribution in [1.29, 1.82) is 0 Å². The van der Waals surface area contributed by atoms with E-state index >= 15 is 0 Å². The van der Waals surface area contributed by atoms with Gasteiger partial charge in [-0.2, -0.15) is 0 Å². The number of aryl methyl sites for hydroxylation is 1. The van der Waals surface area contributed by atoms with Crippen LogP contribution in [0, 0.1) is 0 Å². The van der Waals surface area contributed by atoms with Gasteiger partial charge in [-0.05, 0) is 48.7 Å². The molecule has 2 rings (SSSR count). The molecule has 0 atom stereocenters. The predicted molar refractivity (Wildman–Crippen MR) is 116 cm³/mol. The van der Waals surface area contributed by atoms with Crippen LogP contribution in [0.2, 0.25) is 0 Å². The molecule has 0 saturated carbocycles. The van der Waals surface area contributed by atoms with Crippen molar-refractivity contribution in [3.05, 3.63) is 54.1 Å². The van der Waals surface area contributed by atoms with Gasteiger partial charge in [0.05, 0.1) is 4.90 Å². The van der Waals surface area contributed by atoms with Crippen LogP contribution in [-0.2, 0) is 16.5 Å². The first-order chi connectivity index (χ1) is 14.0. The second-order valence-electron chi connectivity index (χ2n) is 7.57. The molecule has 0 radical (unpaired) electrons. The fourth-order valence-corrected chi connectivity index (χ4v) is 3.88. The minimum absolute atomic E-state index is 0. The molecule has 30 heavy (non-hydrogen) atoms. The molecule has 2 aromatic carbocycles. The Balaban J connectivity index is 0.00000450. The minimum atomic E-state index is -4.43. The van der Waals surface area contributed by atoms with E-state index in [1.165, 1.54) is 82.1 Å². The molecule has 0 aliphatic rings. The van der Waals surface area contributed by atoms with Crippen molar-refractivity contribution in [2.75, 3.05) is 0 Å². The van der Waals surface area contributed by atoms with Crippen molar-refractivity contribution in [1.82, 2.24) is 0 Å². The summed E-state index contributed by atoms with van der Waals surface area (Å²) in [5.41, 5.74) is 1.15. The van der Waals surface area contributed by atoms with E-state index in [2.05, 4.69) is 13.0 Å². The average Bonchev–Trinajstić information content (AvgIpc) is 2.70. The molecule has 0 heterocycles. The molecule has 0 spiro atoms.